The van der Waals surface area contributed by atoms with Gasteiger partial charge in [-0.15, -0.1) is 11.3 Å². The predicted molar refractivity (Wildman–Crippen MR) is 107 cm³/mol. The van der Waals surface area contributed by atoms with Gasteiger partial charge in [0.15, 0.2) is 5.96 Å². The summed E-state index contributed by atoms with van der Waals surface area (Å²) in [5, 5.41) is 11.4. The Morgan fingerprint density at radius 3 is 2.58 bits per heavy atom. The number of hydrogen-bond acceptors (Lipinski definition) is 4. The molecule has 6 nitrogen and oxygen atoms in total. The molecule has 0 fully saturated rings. The van der Waals surface area contributed by atoms with Gasteiger partial charge in [0.25, 0.3) is 5.91 Å². The first-order valence-corrected chi connectivity index (χ1v) is 9.50. The molecule has 140 valence electrons. The minimum absolute atomic E-state index is 0.0145. The van der Waals surface area contributed by atoms with Crippen LogP contribution in [0.2, 0.25) is 0 Å². The highest BCUT2D eigenvalue weighted by atomic mass is 32.1. The monoisotopic (exact) mass is 374 g/mol. The van der Waals surface area contributed by atoms with E-state index in [9.17, 15) is 4.79 Å². The molecule has 0 atom stereocenters. The largest absolute Gasteiger partial charge is 0.496 e. The Morgan fingerprint density at radius 2 is 1.85 bits per heavy atom. The van der Waals surface area contributed by atoms with Gasteiger partial charge in [-0.1, -0.05) is 24.3 Å². The minimum Gasteiger partial charge on any atom is -0.496 e. The van der Waals surface area contributed by atoms with E-state index in [4.69, 9.17) is 4.74 Å². The topological polar surface area (TPSA) is 74.8 Å². The summed E-state index contributed by atoms with van der Waals surface area (Å²) in [5.41, 5.74) is 1.16. The number of hydrogen-bond donors (Lipinski definition) is 3. The second-order valence-corrected chi connectivity index (χ2v) is 6.52. The van der Waals surface area contributed by atoms with Gasteiger partial charge in [-0.2, -0.15) is 0 Å². The number of ether oxygens (including phenoxy) is 1. The molecule has 0 radical (unpaired) electrons. The van der Waals surface area contributed by atoms with Crippen molar-refractivity contribution in [2.75, 3.05) is 33.8 Å². The molecule has 2 aromatic rings. The fraction of sp³-hybridized carbons (Fsp3) is 0.368. The maximum Gasteiger partial charge on any atom is 0.261 e. The van der Waals surface area contributed by atoms with Crippen LogP contribution >= 0.6 is 11.3 Å². The molecule has 0 spiro atoms. The predicted octanol–water partition coefficient (Wildman–Crippen LogP) is 2.28. The third-order valence-electron chi connectivity index (χ3n) is 3.78. The van der Waals surface area contributed by atoms with Gasteiger partial charge < -0.3 is 20.7 Å². The Labute approximate surface area is 158 Å². The Bertz CT molecular complexity index is 701. The molecule has 0 aliphatic rings. The zero-order valence-corrected chi connectivity index (χ0v) is 16.1. The smallest absolute Gasteiger partial charge is 0.261 e. The van der Waals surface area contributed by atoms with Crippen LogP contribution in [-0.4, -0.2) is 45.7 Å². The molecule has 2 rings (SSSR count). The third-order valence-corrected chi connectivity index (χ3v) is 4.65. The van der Waals surface area contributed by atoms with Crippen molar-refractivity contribution in [1.82, 2.24) is 16.0 Å². The van der Waals surface area contributed by atoms with Crippen LogP contribution in [0.4, 0.5) is 0 Å². The molecule has 0 bridgehead atoms. The average molecular weight is 375 g/mol. The molecule has 0 aliphatic heterocycles. The van der Waals surface area contributed by atoms with E-state index in [0.717, 1.165) is 48.1 Å². The SMILES string of the molecule is CN=C(NCCCNC(=O)c1cccs1)NCCc1ccccc1OC. The maximum absolute atomic E-state index is 11.8. The molecule has 1 heterocycles. The number of thiophene rings is 1. The fourth-order valence-electron chi connectivity index (χ4n) is 2.44. The lowest BCUT2D eigenvalue weighted by Gasteiger charge is -2.13. The van der Waals surface area contributed by atoms with Gasteiger partial charge in [-0.25, -0.2) is 0 Å². The first kappa shape index (κ1) is 19.8. The van der Waals surface area contributed by atoms with E-state index >= 15 is 0 Å². The lowest BCUT2D eigenvalue weighted by atomic mass is 10.1. The minimum atomic E-state index is -0.0145. The molecule has 1 aromatic carbocycles. The molecule has 1 aromatic heterocycles. The van der Waals surface area contributed by atoms with Crippen molar-refractivity contribution in [3.8, 4) is 5.75 Å². The molecule has 0 unspecified atom stereocenters. The summed E-state index contributed by atoms with van der Waals surface area (Å²) in [6.45, 7) is 2.12. The first-order chi connectivity index (χ1) is 12.7. The zero-order chi connectivity index (χ0) is 18.6. The van der Waals surface area contributed by atoms with E-state index in [1.807, 2.05) is 35.7 Å². The van der Waals surface area contributed by atoms with Crippen molar-refractivity contribution < 1.29 is 9.53 Å². The molecule has 7 heteroatoms. The van der Waals surface area contributed by atoms with E-state index in [1.54, 1.807) is 14.2 Å². The maximum atomic E-state index is 11.8. The zero-order valence-electron chi connectivity index (χ0n) is 15.2. The van der Waals surface area contributed by atoms with Crippen LogP contribution in [0.5, 0.6) is 5.75 Å². The third kappa shape index (κ3) is 6.40. The second kappa shape index (κ2) is 11.1. The highest BCUT2D eigenvalue weighted by Crippen LogP contribution is 2.17. The van der Waals surface area contributed by atoms with E-state index in [-0.39, 0.29) is 5.91 Å². The fourth-order valence-corrected chi connectivity index (χ4v) is 3.08. The van der Waals surface area contributed by atoms with Gasteiger partial charge in [0.2, 0.25) is 0 Å². The normalized spacial score (nSPS) is 11.1. The standard InChI is InChI=1S/C19H26N4O2S/c1-20-19(23-13-10-15-7-3-4-8-16(15)25-2)22-12-6-11-21-18(24)17-9-5-14-26-17/h3-5,7-9,14H,6,10-13H2,1-2H3,(H,21,24)(H2,20,22,23). The summed E-state index contributed by atoms with van der Waals surface area (Å²) in [4.78, 5) is 16.8. The molecule has 3 N–H and O–H groups in total. The number of amides is 1. The van der Waals surface area contributed by atoms with E-state index in [1.165, 1.54) is 11.3 Å². The quantitative estimate of drug-likeness (QED) is 0.358. The van der Waals surface area contributed by atoms with Crippen LogP contribution in [-0.2, 0) is 6.42 Å². The summed E-state index contributed by atoms with van der Waals surface area (Å²) in [5.74, 6) is 1.64. The number of benzene rings is 1. The number of carbonyl (C=O) groups is 1. The van der Waals surface area contributed by atoms with Crippen molar-refractivity contribution in [3.05, 3.63) is 52.2 Å². The number of para-hydroxylation sites is 1. The summed E-state index contributed by atoms with van der Waals surface area (Å²) in [7, 11) is 3.43. The van der Waals surface area contributed by atoms with E-state index in [2.05, 4.69) is 27.0 Å². The van der Waals surface area contributed by atoms with Crippen molar-refractivity contribution in [1.29, 1.82) is 0 Å². The Hall–Kier alpha value is -2.54. The Morgan fingerprint density at radius 1 is 1.08 bits per heavy atom. The Balaban J connectivity index is 1.61. The van der Waals surface area contributed by atoms with Gasteiger partial charge >= 0.3 is 0 Å². The van der Waals surface area contributed by atoms with Gasteiger partial charge in [-0.05, 0) is 35.9 Å². The van der Waals surface area contributed by atoms with Crippen LogP contribution < -0.4 is 20.7 Å². The van der Waals surface area contributed by atoms with Crippen molar-refractivity contribution in [3.63, 3.8) is 0 Å². The second-order valence-electron chi connectivity index (χ2n) is 5.57. The molecule has 1 amide bonds. The summed E-state index contributed by atoms with van der Waals surface area (Å²) in [6.07, 6.45) is 1.67. The molecular formula is C19H26N4O2S. The number of carbonyl (C=O) groups excluding carboxylic acids is 1. The summed E-state index contributed by atoms with van der Waals surface area (Å²) >= 11 is 1.45. The lowest BCUT2D eigenvalue weighted by Crippen LogP contribution is -2.39. The number of nitrogens with one attached hydrogen (secondary N) is 3. The average Bonchev–Trinajstić information content (AvgIpc) is 3.21. The van der Waals surface area contributed by atoms with E-state index in [0.29, 0.717) is 6.54 Å². The van der Waals surface area contributed by atoms with Gasteiger partial charge in [0, 0.05) is 26.7 Å². The van der Waals surface area contributed by atoms with Crippen molar-refractivity contribution in [2.24, 2.45) is 4.99 Å². The van der Waals surface area contributed by atoms with Crippen LogP contribution in [0.15, 0.2) is 46.8 Å². The van der Waals surface area contributed by atoms with Crippen LogP contribution in [0.1, 0.15) is 21.7 Å². The lowest BCUT2D eigenvalue weighted by molar-refractivity contribution is 0.0957. The number of rotatable bonds is 9. The highest BCUT2D eigenvalue weighted by molar-refractivity contribution is 7.12. The summed E-state index contributed by atoms with van der Waals surface area (Å²) in [6, 6.07) is 11.7. The number of methoxy groups -OCH3 is 1. The Kier molecular flexibility index (Phi) is 8.48. The van der Waals surface area contributed by atoms with Crippen molar-refractivity contribution >= 4 is 23.2 Å². The van der Waals surface area contributed by atoms with Crippen molar-refractivity contribution in [2.45, 2.75) is 12.8 Å². The highest BCUT2D eigenvalue weighted by Gasteiger charge is 2.05. The number of guanidine groups is 1. The van der Waals surface area contributed by atoms with Crippen LogP contribution in [0, 0.1) is 0 Å². The van der Waals surface area contributed by atoms with Gasteiger partial charge in [-0.3, -0.25) is 9.79 Å². The van der Waals surface area contributed by atoms with Gasteiger partial charge in [0.1, 0.15) is 5.75 Å². The van der Waals surface area contributed by atoms with E-state index < -0.39 is 0 Å². The van der Waals surface area contributed by atoms with Gasteiger partial charge in [0.05, 0.1) is 12.0 Å². The molecule has 0 saturated heterocycles. The first-order valence-electron chi connectivity index (χ1n) is 8.62. The van der Waals surface area contributed by atoms with Crippen LogP contribution in [0.3, 0.4) is 0 Å². The molecular weight excluding hydrogens is 348 g/mol. The number of aliphatic imine (C=N–C) groups is 1. The van der Waals surface area contributed by atoms with Crippen LogP contribution in [0.25, 0.3) is 0 Å². The number of nitrogens with zero attached hydrogens (tertiary/aromatic N) is 1. The molecule has 0 saturated carbocycles. The molecule has 0 aliphatic carbocycles. The molecule has 26 heavy (non-hydrogen) atoms. The summed E-state index contributed by atoms with van der Waals surface area (Å²) < 4.78 is 5.36.